The van der Waals surface area contributed by atoms with E-state index in [-0.39, 0.29) is 5.82 Å². The molecule has 1 aliphatic rings. The van der Waals surface area contributed by atoms with E-state index in [4.69, 9.17) is 0 Å². The fourth-order valence-corrected chi connectivity index (χ4v) is 2.95. The normalized spacial score (nSPS) is 19.5. The maximum absolute atomic E-state index is 12.9. The molecule has 19 heavy (non-hydrogen) atoms. The lowest BCUT2D eigenvalue weighted by Gasteiger charge is -2.35. The van der Waals surface area contributed by atoms with E-state index in [1.165, 1.54) is 18.4 Å². The minimum Gasteiger partial charge on any atom is -0.314 e. The second kappa shape index (κ2) is 7.01. The smallest absolute Gasteiger partial charge is 0.123 e. The zero-order valence-corrected chi connectivity index (χ0v) is 12.0. The Bertz CT molecular complexity index is 369. The molecule has 1 unspecified atom stereocenters. The summed E-state index contributed by atoms with van der Waals surface area (Å²) in [5.41, 5.74) is 1.21. The first-order chi connectivity index (χ1) is 9.19. The molecule has 1 N–H and O–H groups in total. The van der Waals surface area contributed by atoms with Gasteiger partial charge in [0.05, 0.1) is 0 Å². The lowest BCUT2D eigenvalue weighted by Crippen LogP contribution is -2.41. The number of piperidine rings is 1. The fraction of sp³-hybridized carbons (Fsp3) is 0.625. The molecule has 1 heterocycles. The highest BCUT2D eigenvalue weighted by Crippen LogP contribution is 2.22. The fourth-order valence-electron chi connectivity index (χ4n) is 2.95. The molecular formula is C16H25FN2. The third kappa shape index (κ3) is 4.29. The highest BCUT2D eigenvalue weighted by atomic mass is 19.1. The molecule has 3 heteroatoms. The second-order valence-electron chi connectivity index (χ2n) is 5.59. The van der Waals surface area contributed by atoms with Gasteiger partial charge in [0, 0.05) is 12.6 Å². The van der Waals surface area contributed by atoms with E-state index in [2.05, 4.69) is 24.1 Å². The number of hydrogen-bond donors (Lipinski definition) is 1. The van der Waals surface area contributed by atoms with Gasteiger partial charge in [0.25, 0.3) is 0 Å². The SMILES string of the molecule is CCNC(C)C1CCN(Cc2ccc(F)cc2)CC1. The summed E-state index contributed by atoms with van der Waals surface area (Å²) in [7, 11) is 0. The van der Waals surface area contributed by atoms with Crippen LogP contribution in [0.4, 0.5) is 4.39 Å². The van der Waals surface area contributed by atoms with E-state index in [1.807, 2.05) is 12.1 Å². The van der Waals surface area contributed by atoms with Gasteiger partial charge in [-0.3, -0.25) is 4.90 Å². The van der Waals surface area contributed by atoms with E-state index in [0.717, 1.165) is 32.1 Å². The van der Waals surface area contributed by atoms with Crippen molar-refractivity contribution in [2.45, 2.75) is 39.3 Å². The lowest BCUT2D eigenvalue weighted by atomic mass is 9.90. The van der Waals surface area contributed by atoms with Gasteiger partial charge in [0.15, 0.2) is 0 Å². The van der Waals surface area contributed by atoms with Crippen molar-refractivity contribution < 1.29 is 4.39 Å². The van der Waals surface area contributed by atoms with Gasteiger partial charge >= 0.3 is 0 Å². The van der Waals surface area contributed by atoms with Crippen LogP contribution in [0.25, 0.3) is 0 Å². The molecule has 0 aliphatic carbocycles. The Morgan fingerprint density at radius 3 is 2.47 bits per heavy atom. The minimum absolute atomic E-state index is 0.151. The topological polar surface area (TPSA) is 15.3 Å². The molecule has 0 saturated carbocycles. The molecule has 2 nitrogen and oxygen atoms in total. The van der Waals surface area contributed by atoms with Crippen LogP contribution in [0, 0.1) is 11.7 Å². The number of halogens is 1. The first-order valence-corrected chi connectivity index (χ1v) is 7.39. The van der Waals surface area contributed by atoms with Gasteiger partial charge in [-0.25, -0.2) is 4.39 Å². The highest BCUT2D eigenvalue weighted by Gasteiger charge is 2.23. The third-order valence-electron chi connectivity index (χ3n) is 4.18. The highest BCUT2D eigenvalue weighted by molar-refractivity contribution is 5.15. The number of likely N-dealkylation sites (tertiary alicyclic amines) is 1. The van der Waals surface area contributed by atoms with Gasteiger partial charge in [0.1, 0.15) is 5.82 Å². The summed E-state index contributed by atoms with van der Waals surface area (Å²) in [5, 5.41) is 3.53. The second-order valence-corrected chi connectivity index (χ2v) is 5.59. The van der Waals surface area contributed by atoms with Crippen molar-refractivity contribution in [3.8, 4) is 0 Å². The average molecular weight is 264 g/mol. The number of rotatable bonds is 5. The molecule has 106 valence electrons. The maximum Gasteiger partial charge on any atom is 0.123 e. The number of nitrogens with zero attached hydrogens (tertiary/aromatic N) is 1. The van der Waals surface area contributed by atoms with Crippen LogP contribution in [0.2, 0.25) is 0 Å². The molecule has 0 radical (unpaired) electrons. The Labute approximate surface area is 116 Å². The van der Waals surface area contributed by atoms with Crippen molar-refractivity contribution in [3.63, 3.8) is 0 Å². The molecule has 1 aromatic carbocycles. The maximum atomic E-state index is 12.9. The molecule has 2 rings (SSSR count). The predicted octanol–water partition coefficient (Wildman–Crippen LogP) is 3.04. The summed E-state index contributed by atoms with van der Waals surface area (Å²) in [6, 6.07) is 7.51. The summed E-state index contributed by atoms with van der Waals surface area (Å²) in [4.78, 5) is 2.47. The van der Waals surface area contributed by atoms with Crippen LogP contribution >= 0.6 is 0 Å². The molecule has 0 aromatic heterocycles. The summed E-state index contributed by atoms with van der Waals surface area (Å²) in [6.07, 6.45) is 2.52. The Kier molecular flexibility index (Phi) is 5.34. The molecule has 1 atom stereocenters. The van der Waals surface area contributed by atoms with Crippen molar-refractivity contribution >= 4 is 0 Å². The molecule has 0 bridgehead atoms. The van der Waals surface area contributed by atoms with Gasteiger partial charge in [-0.1, -0.05) is 19.1 Å². The lowest BCUT2D eigenvalue weighted by molar-refractivity contribution is 0.157. The number of hydrogen-bond acceptors (Lipinski definition) is 2. The summed E-state index contributed by atoms with van der Waals surface area (Å²) in [5.74, 6) is 0.645. The minimum atomic E-state index is -0.151. The van der Waals surface area contributed by atoms with E-state index in [0.29, 0.717) is 6.04 Å². The molecule has 0 spiro atoms. The average Bonchev–Trinajstić information content (AvgIpc) is 2.42. The molecular weight excluding hydrogens is 239 g/mol. The Morgan fingerprint density at radius 2 is 1.89 bits per heavy atom. The Hall–Kier alpha value is -0.930. The van der Waals surface area contributed by atoms with E-state index < -0.39 is 0 Å². The summed E-state index contributed by atoms with van der Waals surface area (Å²) < 4.78 is 12.9. The van der Waals surface area contributed by atoms with Gasteiger partial charge in [-0.05, 0) is 63.0 Å². The quantitative estimate of drug-likeness (QED) is 0.879. The molecule has 1 aliphatic heterocycles. The zero-order chi connectivity index (χ0) is 13.7. The van der Waals surface area contributed by atoms with Crippen LogP contribution in [-0.2, 0) is 6.54 Å². The van der Waals surface area contributed by atoms with Crippen molar-refractivity contribution in [2.75, 3.05) is 19.6 Å². The molecule has 1 fully saturated rings. The van der Waals surface area contributed by atoms with Crippen LogP contribution in [0.5, 0.6) is 0 Å². The van der Waals surface area contributed by atoms with E-state index in [1.54, 1.807) is 12.1 Å². The van der Waals surface area contributed by atoms with Crippen molar-refractivity contribution in [2.24, 2.45) is 5.92 Å². The number of nitrogens with one attached hydrogen (secondary N) is 1. The summed E-state index contributed by atoms with van der Waals surface area (Å²) >= 11 is 0. The monoisotopic (exact) mass is 264 g/mol. The largest absolute Gasteiger partial charge is 0.314 e. The van der Waals surface area contributed by atoms with Crippen LogP contribution in [0.15, 0.2) is 24.3 Å². The molecule has 0 amide bonds. The standard InChI is InChI=1S/C16H25FN2/c1-3-18-13(2)15-8-10-19(11-9-15)12-14-4-6-16(17)7-5-14/h4-7,13,15,18H,3,8-12H2,1-2H3. The van der Waals surface area contributed by atoms with Crippen molar-refractivity contribution in [3.05, 3.63) is 35.6 Å². The van der Waals surface area contributed by atoms with Crippen LogP contribution in [0.1, 0.15) is 32.3 Å². The first-order valence-electron chi connectivity index (χ1n) is 7.39. The van der Waals surface area contributed by atoms with Gasteiger partial charge in [0.2, 0.25) is 0 Å². The third-order valence-corrected chi connectivity index (χ3v) is 4.18. The van der Waals surface area contributed by atoms with Crippen LogP contribution in [0.3, 0.4) is 0 Å². The van der Waals surface area contributed by atoms with Gasteiger partial charge in [-0.15, -0.1) is 0 Å². The van der Waals surface area contributed by atoms with Crippen LogP contribution in [-0.4, -0.2) is 30.6 Å². The van der Waals surface area contributed by atoms with E-state index in [9.17, 15) is 4.39 Å². The molecule has 1 saturated heterocycles. The summed E-state index contributed by atoms with van der Waals surface area (Å²) in [6.45, 7) is 8.76. The zero-order valence-electron chi connectivity index (χ0n) is 12.0. The van der Waals surface area contributed by atoms with Crippen molar-refractivity contribution in [1.82, 2.24) is 10.2 Å². The number of benzene rings is 1. The Balaban J connectivity index is 1.78. The van der Waals surface area contributed by atoms with E-state index >= 15 is 0 Å². The van der Waals surface area contributed by atoms with Gasteiger partial charge in [-0.2, -0.15) is 0 Å². The Morgan fingerprint density at radius 1 is 1.26 bits per heavy atom. The van der Waals surface area contributed by atoms with Crippen LogP contribution < -0.4 is 5.32 Å². The first kappa shape index (κ1) is 14.5. The van der Waals surface area contributed by atoms with Gasteiger partial charge < -0.3 is 5.32 Å². The molecule has 1 aromatic rings. The predicted molar refractivity (Wildman–Crippen MR) is 77.5 cm³/mol. The van der Waals surface area contributed by atoms with Crippen molar-refractivity contribution in [1.29, 1.82) is 0 Å².